The van der Waals surface area contributed by atoms with Gasteiger partial charge in [0.05, 0.1) is 11.5 Å². The molecule has 0 saturated carbocycles. The number of hydrogen-bond donors (Lipinski definition) is 5. The first-order valence-electron chi connectivity index (χ1n) is 6.25. The third-order valence-corrected chi connectivity index (χ3v) is 3.28. The van der Waals surface area contributed by atoms with Crippen LogP contribution in [-0.2, 0) is 4.74 Å². The smallest absolute Gasteiger partial charge is 0.269 e. The first-order valence-corrected chi connectivity index (χ1v) is 6.25. The fourth-order valence-electron chi connectivity index (χ4n) is 2.06. The lowest BCUT2D eigenvalue weighted by Crippen LogP contribution is -2.60. The topological polar surface area (TPSA) is 145 Å². The van der Waals surface area contributed by atoms with Crippen LogP contribution in [0.3, 0.4) is 0 Å². The van der Waals surface area contributed by atoms with Gasteiger partial charge in [0, 0.05) is 17.8 Å². The van der Waals surface area contributed by atoms with E-state index in [1.54, 1.807) is 0 Å². The summed E-state index contributed by atoms with van der Waals surface area (Å²) in [4.78, 5) is 10.0. The number of rotatable bonds is 4. The predicted octanol–water partition coefficient (Wildman–Crippen LogP) is -1.19. The summed E-state index contributed by atoms with van der Waals surface area (Å²) in [7, 11) is 0. The molecule has 0 aromatic heterocycles. The van der Waals surface area contributed by atoms with E-state index < -0.39 is 42.2 Å². The van der Waals surface area contributed by atoms with Crippen LogP contribution in [-0.4, -0.2) is 62.6 Å². The van der Waals surface area contributed by atoms with Crippen LogP contribution in [0.2, 0.25) is 0 Å². The number of ether oxygens (including phenoxy) is 1. The number of hydrogen-bond acceptors (Lipinski definition) is 8. The molecule has 21 heavy (non-hydrogen) atoms. The molecule has 0 bridgehead atoms. The minimum Gasteiger partial charge on any atom is -0.394 e. The Morgan fingerprint density at radius 2 is 1.76 bits per heavy atom. The van der Waals surface area contributed by atoms with Crippen LogP contribution in [0.4, 0.5) is 11.4 Å². The molecular formula is C12H16N2O7. The zero-order valence-corrected chi connectivity index (χ0v) is 10.9. The fraction of sp³-hybridized carbons (Fsp3) is 0.500. The van der Waals surface area contributed by atoms with Crippen LogP contribution >= 0.6 is 0 Å². The number of benzene rings is 1. The summed E-state index contributed by atoms with van der Waals surface area (Å²) in [5.41, 5.74) is 0.333. The molecule has 9 heteroatoms. The summed E-state index contributed by atoms with van der Waals surface area (Å²) in [6.07, 6.45) is -6.41. The summed E-state index contributed by atoms with van der Waals surface area (Å²) in [5.74, 6) is 0. The minimum absolute atomic E-state index is 0.0886. The minimum atomic E-state index is -1.48. The van der Waals surface area contributed by atoms with Crippen molar-refractivity contribution in [3.8, 4) is 0 Å². The highest BCUT2D eigenvalue weighted by Gasteiger charge is 2.43. The maximum atomic E-state index is 10.5. The average Bonchev–Trinajstić information content (AvgIpc) is 2.48. The Balaban J connectivity index is 2.08. The lowest BCUT2D eigenvalue weighted by molar-refractivity contribution is -0.384. The molecule has 0 spiro atoms. The van der Waals surface area contributed by atoms with Gasteiger partial charge in [0.2, 0.25) is 0 Å². The Morgan fingerprint density at radius 3 is 2.29 bits per heavy atom. The molecule has 1 heterocycles. The van der Waals surface area contributed by atoms with E-state index in [2.05, 4.69) is 5.32 Å². The van der Waals surface area contributed by atoms with Crippen LogP contribution in [0, 0.1) is 10.1 Å². The lowest BCUT2D eigenvalue weighted by Gasteiger charge is -2.40. The van der Waals surface area contributed by atoms with Crippen LogP contribution in [0.15, 0.2) is 24.3 Å². The van der Waals surface area contributed by atoms with Crippen molar-refractivity contribution >= 4 is 11.4 Å². The fourth-order valence-corrected chi connectivity index (χ4v) is 2.06. The van der Waals surface area contributed by atoms with Crippen molar-refractivity contribution in [2.75, 3.05) is 11.9 Å². The molecule has 0 aliphatic carbocycles. The van der Waals surface area contributed by atoms with Crippen molar-refractivity contribution < 1.29 is 30.1 Å². The zero-order valence-electron chi connectivity index (χ0n) is 10.9. The predicted molar refractivity (Wildman–Crippen MR) is 70.5 cm³/mol. The normalized spacial score (nSPS) is 32.7. The Kier molecular flexibility index (Phi) is 4.70. The van der Waals surface area contributed by atoms with Gasteiger partial charge in [-0.2, -0.15) is 0 Å². The van der Waals surface area contributed by atoms with E-state index in [1.165, 1.54) is 24.3 Å². The number of aliphatic hydroxyl groups excluding tert-OH is 4. The molecule has 1 fully saturated rings. The number of nitrogens with one attached hydrogen (secondary N) is 1. The average molecular weight is 300 g/mol. The van der Waals surface area contributed by atoms with Gasteiger partial charge in [-0.05, 0) is 12.1 Å². The molecule has 9 nitrogen and oxygen atoms in total. The van der Waals surface area contributed by atoms with Gasteiger partial charge in [0.1, 0.15) is 24.4 Å². The monoisotopic (exact) mass is 300 g/mol. The molecule has 0 amide bonds. The first kappa shape index (κ1) is 15.6. The van der Waals surface area contributed by atoms with Gasteiger partial charge in [-0.3, -0.25) is 10.1 Å². The molecule has 116 valence electrons. The van der Waals surface area contributed by atoms with Gasteiger partial charge >= 0.3 is 0 Å². The largest absolute Gasteiger partial charge is 0.394 e. The van der Waals surface area contributed by atoms with Gasteiger partial charge in [-0.15, -0.1) is 0 Å². The van der Waals surface area contributed by atoms with Gasteiger partial charge < -0.3 is 30.5 Å². The van der Waals surface area contributed by atoms with Crippen molar-refractivity contribution in [2.24, 2.45) is 0 Å². The molecule has 2 rings (SSSR count). The SMILES string of the molecule is O=[N+]([O-])c1ccc(NC2O[C@H](CO)[C@@H](O)[C@H](O)[C@@H]2O)cc1. The highest BCUT2D eigenvalue weighted by molar-refractivity contribution is 5.49. The van der Waals surface area contributed by atoms with Crippen molar-refractivity contribution in [3.63, 3.8) is 0 Å². The van der Waals surface area contributed by atoms with Gasteiger partial charge in [-0.1, -0.05) is 0 Å². The number of anilines is 1. The van der Waals surface area contributed by atoms with Crippen LogP contribution in [0.25, 0.3) is 0 Å². The Labute approximate surface area is 119 Å². The van der Waals surface area contributed by atoms with Crippen LogP contribution in [0.1, 0.15) is 0 Å². The molecule has 5 N–H and O–H groups in total. The van der Waals surface area contributed by atoms with E-state index >= 15 is 0 Å². The lowest BCUT2D eigenvalue weighted by atomic mass is 9.98. The van der Waals surface area contributed by atoms with Crippen molar-refractivity contribution in [1.29, 1.82) is 0 Å². The molecule has 1 unspecified atom stereocenters. The van der Waals surface area contributed by atoms with Crippen LogP contribution < -0.4 is 5.32 Å². The van der Waals surface area contributed by atoms with Gasteiger partial charge in [0.15, 0.2) is 6.23 Å². The summed E-state index contributed by atoms with van der Waals surface area (Å²) in [6.45, 7) is -0.524. The third-order valence-electron chi connectivity index (χ3n) is 3.28. The van der Waals surface area contributed by atoms with Crippen LogP contribution in [0.5, 0.6) is 0 Å². The molecule has 1 aromatic carbocycles. The summed E-state index contributed by atoms with van der Waals surface area (Å²) in [6, 6.07) is 5.37. The summed E-state index contributed by atoms with van der Waals surface area (Å²) < 4.78 is 5.26. The van der Waals surface area contributed by atoms with Crippen molar-refractivity contribution in [3.05, 3.63) is 34.4 Å². The van der Waals surface area contributed by atoms with E-state index in [-0.39, 0.29) is 5.69 Å². The van der Waals surface area contributed by atoms with Crippen molar-refractivity contribution in [1.82, 2.24) is 0 Å². The second-order valence-electron chi connectivity index (χ2n) is 4.70. The molecular weight excluding hydrogens is 284 g/mol. The number of nitro benzene ring substituents is 1. The molecule has 1 aliphatic heterocycles. The molecule has 0 radical (unpaired) electrons. The van der Waals surface area contributed by atoms with E-state index in [0.29, 0.717) is 5.69 Å². The first-order chi connectivity index (χ1) is 9.93. The number of non-ortho nitro benzene ring substituents is 1. The Bertz CT molecular complexity index is 493. The molecule has 5 atom stereocenters. The molecule has 1 saturated heterocycles. The third kappa shape index (κ3) is 3.28. The second-order valence-corrected chi connectivity index (χ2v) is 4.70. The van der Waals surface area contributed by atoms with Gasteiger partial charge in [0.25, 0.3) is 5.69 Å². The maximum absolute atomic E-state index is 10.5. The highest BCUT2D eigenvalue weighted by atomic mass is 16.6. The Morgan fingerprint density at radius 1 is 1.14 bits per heavy atom. The van der Waals surface area contributed by atoms with E-state index in [9.17, 15) is 25.4 Å². The maximum Gasteiger partial charge on any atom is 0.269 e. The Hall–Kier alpha value is -1.78. The number of nitrogens with zero attached hydrogens (tertiary/aromatic N) is 1. The zero-order chi connectivity index (χ0) is 15.6. The van der Waals surface area contributed by atoms with E-state index in [0.717, 1.165) is 0 Å². The number of aliphatic hydroxyl groups is 4. The molecule has 1 aromatic rings. The quantitative estimate of drug-likeness (QED) is 0.344. The van der Waals surface area contributed by atoms with Crippen molar-refractivity contribution in [2.45, 2.75) is 30.6 Å². The summed E-state index contributed by atoms with van der Waals surface area (Å²) in [5, 5.41) is 51.5. The standard InChI is InChI=1S/C12H16N2O7/c15-5-8-9(16)10(17)11(18)12(21-8)13-6-1-3-7(4-2-6)14(19)20/h1-4,8-13,15-18H,5H2/t8-,9-,10+,11+,12?/m1/s1. The number of nitro groups is 1. The second kappa shape index (κ2) is 6.33. The highest BCUT2D eigenvalue weighted by Crippen LogP contribution is 2.23. The van der Waals surface area contributed by atoms with E-state index in [4.69, 9.17) is 9.84 Å². The summed E-state index contributed by atoms with van der Waals surface area (Å²) >= 11 is 0. The van der Waals surface area contributed by atoms with E-state index in [1.807, 2.05) is 0 Å². The van der Waals surface area contributed by atoms with Gasteiger partial charge in [-0.25, -0.2) is 0 Å². The molecule has 1 aliphatic rings.